The molecule has 3 aliphatic rings. The second-order valence-electron chi connectivity index (χ2n) is 8.02. The van der Waals surface area contributed by atoms with E-state index in [-0.39, 0.29) is 17.4 Å². The summed E-state index contributed by atoms with van der Waals surface area (Å²) in [6.45, 7) is 9.00. The predicted octanol–water partition coefficient (Wildman–Crippen LogP) is 2.82. The van der Waals surface area contributed by atoms with Gasteiger partial charge in [0.2, 0.25) is 0 Å². The Kier molecular flexibility index (Phi) is 4.64. The number of carbonyl (C=O) groups is 1. The summed E-state index contributed by atoms with van der Waals surface area (Å²) in [5, 5.41) is 0. The fourth-order valence-electron chi connectivity index (χ4n) is 4.14. The van der Waals surface area contributed by atoms with Crippen LogP contribution in [0.15, 0.2) is 18.2 Å². The van der Waals surface area contributed by atoms with Gasteiger partial charge in [0.15, 0.2) is 0 Å². The Hall–Kier alpha value is -2.05. The van der Waals surface area contributed by atoms with Crippen LogP contribution in [0.2, 0.25) is 0 Å². The van der Waals surface area contributed by atoms with E-state index in [0.29, 0.717) is 38.7 Å². The maximum absolute atomic E-state index is 13.0. The summed E-state index contributed by atoms with van der Waals surface area (Å²) in [5.74, 6) is 1.24. The molecule has 27 heavy (non-hydrogen) atoms. The average Bonchev–Trinajstić information content (AvgIpc) is 2.70. The van der Waals surface area contributed by atoms with Crippen LogP contribution in [-0.2, 0) is 14.3 Å². The third kappa shape index (κ3) is 3.11. The minimum atomic E-state index is -0.522. The Morgan fingerprint density at radius 2 is 2.11 bits per heavy atom. The lowest BCUT2D eigenvalue weighted by molar-refractivity contribution is -0.156. The van der Waals surface area contributed by atoms with Crippen molar-refractivity contribution in [3.63, 3.8) is 0 Å². The summed E-state index contributed by atoms with van der Waals surface area (Å²) in [7, 11) is 1.64. The maximum Gasteiger partial charge on any atom is 0.328 e. The molecule has 1 fully saturated rings. The van der Waals surface area contributed by atoms with Gasteiger partial charge in [0.1, 0.15) is 17.5 Å². The molecule has 0 N–H and O–H groups in total. The molecule has 1 saturated heterocycles. The van der Waals surface area contributed by atoms with Gasteiger partial charge in [-0.05, 0) is 24.6 Å². The number of hydrogen-bond acceptors (Lipinski definition) is 6. The first-order valence-electron chi connectivity index (χ1n) is 9.51. The van der Waals surface area contributed by atoms with E-state index in [1.54, 1.807) is 7.11 Å². The Morgan fingerprint density at radius 1 is 1.33 bits per heavy atom. The number of ether oxygens (including phenoxy) is 4. The van der Waals surface area contributed by atoms with Crippen LogP contribution in [0.25, 0.3) is 5.57 Å². The normalized spacial score (nSPS) is 24.0. The number of rotatable bonds is 4. The van der Waals surface area contributed by atoms with Gasteiger partial charge in [0.25, 0.3) is 0 Å². The molecule has 0 aromatic heterocycles. The van der Waals surface area contributed by atoms with E-state index in [0.717, 1.165) is 16.9 Å². The van der Waals surface area contributed by atoms with Crippen molar-refractivity contribution in [3.05, 3.63) is 29.3 Å². The van der Waals surface area contributed by atoms with Crippen LogP contribution in [0.4, 0.5) is 0 Å². The summed E-state index contributed by atoms with van der Waals surface area (Å²) >= 11 is 0. The molecule has 1 aromatic rings. The highest BCUT2D eigenvalue weighted by atomic mass is 16.5. The van der Waals surface area contributed by atoms with Crippen LogP contribution in [0.3, 0.4) is 0 Å². The van der Waals surface area contributed by atoms with Crippen LogP contribution in [0, 0.1) is 5.41 Å². The number of esters is 1. The molecule has 1 atom stereocenters. The molecule has 3 heterocycles. The molecule has 0 amide bonds. The van der Waals surface area contributed by atoms with Crippen molar-refractivity contribution in [2.75, 3.05) is 40.1 Å². The van der Waals surface area contributed by atoms with Crippen molar-refractivity contribution in [3.8, 4) is 11.5 Å². The van der Waals surface area contributed by atoms with Crippen molar-refractivity contribution in [1.29, 1.82) is 0 Å². The van der Waals surface area contributed by atoms with Crippen molar-refractivity contribution < 1.29 is 23.7 Å². The number of hydrogen-bond donors (Lipinski definition) is 0. The van der Waals surface area contributed by atoms with E-state index in [4.69, 9.17) is 18.9 Å². The summed E-state index contributed by atoms with van der Waals surface area (Å²) in [6.07, 6.45) is 2.27. The zero-order valence-corrected chi connectivity index (χ0v) is 16.4. The lowest BCUT2D eigenvalue weighted by Crippen LogP contribution is -2.54. The Morgan fingerprint density at radius 3 is 2.74 bits per heavy atom. The summed E-state index contributed by atoms with van der Waals surface area (Å²) in [5.41, 5.74) is 2.90. The Balaban J connectivity index is 1.93. The minimum absolute atomic E-state index is 0.0998. The van der Waals surface area contributed by atoms with E-state index in [1.807, 2.05) is 19.1 Å². The lowest BCUT2D eigenvalue weighted by Gasteiger charge is -2.45. The predicted molar refractivity (Wildman–Crippen MR) is 101 cm³/mol. The third-order valence-electron chi connectivity index (χ3n) is 5.43. The van der Waals surface area contributed by atoms with Crippen molar-refractivity contribution >= 4 is 11.5 Å². The number of benzene rings is 1. The molecule has 0 saturated carbocycles. The van der Waals surface area contributed by atoms with Crippen LogP contribution in [0.1, 0.15) is 37.9 Å². The highest BCUT2D eigenvalue weighted by molar-refractivity contribution is 5.88. The molecule has 0 spiro atoms. The molecule has 1 unspecified atom stereocenters. The third-order valence-corrected chi connectivity index (χ3v) is 5.43. The first-order chi connectivity index (χ1) is 12.9. The first kappa shape index (κ1) is 18.3. The molecular weight excluding hydrogens is 346 g/mol. The van der Waals surface area contributed by atoms with Crippen molar-refractivity contribution in [2.24, 2.45) is 5.41 Å². The fraction of sp³-hybridized carbons (Fsp3) is 0.571. The summed E-state index contributed by atoms with van der Waals surface area (Å²) in [4.78, 5) is 15.2. The molecule has 0 radical (unpaired) electrons. The van der Waals surface area contributed by atoms with Crippen molar-refractivity contribution in [2.45, 2.75) is 32.9 Å². The molecule has 0 bridgehead atoms. The SMILES string of the molecule is CCOC(=O)C1c2c(OC)ccc3c2C(=CC(C)(C)CO3)CN1C1COC1. The van der Waals surface area contributed by atoms with Gasteiger partial charge in [0.05, 0.1) is 39.6 Å². The first-order valence-corrected chi connectivity index (χ1v) is 9.51. The van der Waals surface area contributed by atoms with E-state index in [1.165, 1.54) is 5.57 Å². The average molecular weight is 373 g/mol. The molecule has 0 aliphatic carbocycles. The smallest absolute Gasteiger partial charge is 0.328 e. The fourth-order valence-corrected chi connectivity index (χ4v) is 4.14. The Bertz CT molecular complexity index is 781. The van der Waals surface area contributed by atoms with E-state index >= 15 is 0 Å². The molecule has 146 valence electrons. The standard InChI is InChI=1S/C21H27NO5/c1-5-26-20(23)19-18-15(24-4)6-7-16-17(18)13(8-21(2,3)12-27-16)9-22(19)14-10-25-11-14/h6-8,14,19H,5,9-12H2,1-4H3. The van der Waals surface area contributed by atoms with Gasteiger partial charge in [-0.1, -0.05) is 19.9 Å². The number of carbonyl (C=O) groups excluding carboxylic acids is 1. The zero-order valence-electron chi connectivity index (χ0n) is 16.4. The molecule has 3 aliphatic heterocycles. The minimum Gasteiger partial charge on any atom is -0.496 e. The second kappa shape index (κ2) is 6.84. The van der Waals surface area contributed by atoms with Gasteiger partial charge in [-0.2, -0.15) is 0 Å². The molecule has 4 rings (SSSR count). The van der Waals surface area contributed by atoms with E-state index < -0.39 is 6.04 Å². The molecule has 6 nitrogen and oxygen atoms in total. The summed E-state index contributed by atoms with van der Waals surface area (Å²) in [6, 6.07) is 3.49. The molecule has 6 heteroatoms. The van der Waals surface area contributed by atoms with Crippen molar-refractivity contribution in [1.82, 2.24) is 4.90 Å². The van der Waals surface area contributed by atoms with Gasteiger partial charge < -0.3 is 18.9 Å². The topological polar surface area (TPSA) is 57.2 Å². The van der Waals surface area contributed by atoms with Gasteiger partial charge in [-0.3, -0.25) is 4.90 Å². The highest BCUT2D eigenvalue weighted by Crippen LogP contribution is 2.49. The quantitative estimate of drug-likeness (QED) is 0.757. The maximum atomic E-state index is 13.0. The lowest BCUT2D eigenvalue weighted by atomic mass is 9.83. The van der Waals surface area contributed by atoms with E-state index in [2.05, 4.69) is 24.8 Å². The molecule has 1 aromatic carbocycles. The largest absolute Gasteiger partial charge is 0.496 e. The van der Waals surface area contributed by atoms with Gasteiger partial charge >= 0.3 is 5.97 Å². The Labute approximate surface area is 160 Å². The van der Waals surface area contributed by atoms with Crippen LogP contribution < -0.4 is 9.47 Å². The number of nitrogens with zero attached hydrogens (tertiary/aromatic N) is 1. The van der Waals surface area contributed by atoms with Crippen LogP contribution in [-0.4, -0.2) is 57.0 Å². The molecular formula is C21H27NO5. The van der Waals surface area contributed by atoms with Gasteiger partial charge in [-0.15, -0.1) is 0 Å². The monoisotopic (exact) mass is 373 g/mol. The van der Waals surface area contributed by atoms with E-state index in [9.17, 15) is 4.79 Å². The summed E-state index contributed by atoms with van der Waals surface area (Å²) < 4.78 is 22.7. The zero-order chi connectivity index (χ0) is 19.2. The number of methoxy groups -OCH3 is 1. The highest BCUT2D eigenvalue weighted by Gasteiger charge is 2.45. The van der Waals surface area contributed by atoms with Gasteiger partial charge in [-0.25, -0.2) is 4.79 Å². The van der Waals surface area contributed by atoms with Gasteiger partial charge in [0, 0.05) is 23.1 Å². The van der Waals surface area contributed by atoms with Crippen LogP contribution in [0.5, 0.6) is 11.5 Å². The second-order valence-corrected chi connectivity index (χ2v) is 8.02. The van der Waals surface area contributed by atoms with Crippen LogP contribution >= 0.6 is 0 Å².